The van der Waals surface area contributed by atoms with Gasteiger partial charge in [0.15, 0.2) is 0 Å². The quantitative estimate of drug-likeness (QED) is 0.846. The van der Waals surface area contributed by atoms with E-state index < -0.39 is 24.8 Å². The average Bonchev–Trinajstić information content (AvgIpc) is 3.01. The van der Waals surface area contributed by atoms with Crippen molar-refractivity contribution in [3.8, 4) is 0 Å². The van der Waals surface area contributed by atoms with E-state index in [0.717, 1.165) is 4.68 Å². The Balaban J connectivity index is 1.84. The van der Waals surface area contributed by atoms with Crippen LogP contribution in [0, 0.1) is 13.8 Å². The van der Waals surface area contributed by atoms with E-state index in [1.165, 1.54) is 12.4 Å². The Hall–Kier alpha value is -2.71. The molecule has 0 fully saturated rings. The van der Waals surface area contributed by atoms with Crippen LogP contribution in [0.15, 0.2) is 22.9 Å². The maximum absolute atomic E-state index is 12.2. The zero-order valence-electron chi connectivity index (χ0n) is 12.6. The molecule has 0 bridgehead atoms. The van der Waals surface area contributed by atoms with Gasteiger partial charge in [-0.1, -0.05) is 0 Å². The maximum Gasteiger partial charge on any atom is 0.257 e. The van der Waals surface area contributed by atoms with Gasteiger partial charge in [0.2, 0.25) is 5.91 Å². The molecule has 0 atom stereocenters. The predicted octanol–water partition coefficient (Wildman–Crippen LogP) is 1.73. The van der Waals surface area contributed by atoms with Crippen molar-refractivity contribution in [1.82, 2.24) is 15.1 Å². The first-order chi connectivity index (χ1) is 10.8. The molecule has 124 valence electrons. The molecule has 0 aromatic carbocycles. The third-order valence-corrected chi connectivity index (χ3v) is 2.94. The number of aryl methyl sites for hydroxylation is 2. The number of nitrogens with zero attached hydrogens (tertiary/aromatic N) is 2. The Kier molecular flexibility index (Phi) is 5.09. The zero-order valence-corrected chi connectivity index (χ0v) is 12.6. The second-order valence-corrected chi connectivity index (χ2v) is 4.90. The molecule has 23 heavy (non-hydrogen) atoms. The van der Waals surface area contributed by atoms with Gasteiger partial charge < -0.3 is 15.1 Å². The Morgan fingerprint density at radius 1 is 1.39 bits per heavy atom. The summed E-state index contributed by atoms with van der Waals surface area (Å²) in [4.78, 5) is 23.6. The number of amides is 2. The first-order valence-electron chi connectivity index (χ1n) is 6.81. The van der Waals surface area contributed by atoms with Gasteiger partial charge in [0.1, 0.15) is 18.1 Å². The number of hydrogen-bond donors (Lipinski definition) is 2. The molecule has 2 rings (SSSR count). The van der Waals surface area contributed by atoms with E-state index in [1.54, 1.807) is 19.9 Å². The van der Waals surface area contributed by atoms with E-state index in [-0.39, 0.29) is 12.2 Å². The fourth-order valence-corrected chi connectivity index (χ4v) is 1.99. The summed E-state index contributed by atoms with van der Waals surface area (Å²) in [5, 5.41) is 8.60. The van der Waals surface area contributed by atoms with Crippen molar-refractivity contribution < 1.29 is 22.8 Å². The molecule has 0 unspecified atom stereocenters. The van der Waals surface area contributed by atoms with Crippen LogP contribution in [0.3, 0.4) is 0 Å². The van der Waals surface area contributed by atoms with E-state index in [4.69, 9.17) is 4.42 Å². The van der Waals surface area contributed by atoms with Gasteiger partial charge in [-0.05, 0) is 19.9 Å². The molecule has 2 aromatic rings. The van der Waals surface area contributed by atoms with E-state index in [9.17, 15) is 18.4 Å². The maximum atomic E-state index is 12.2. The predicted molar refractivity (Wildman–Crippen MR) is 77.4 cm³/mol. The number of carbonyl (C=O) groups is 2. The van der Waals surface area contributed by atoms with Crippen molar-refractivity contribution in [3.63, 3.8) is 0 Å². The van der Waals surface area contributed by atoms with Gasteiger partial charge in [0.25, 0.3) is 12.3 Å². The van der Waals surface area contributed by atoms with Crippen molar-refractivity contribution in [2.24, 2.45) is 0 Å². The van der Waals surface area contributed by atoms with Crippen LogP contribution in [0.1, 0.15) is 21.9 Å². The van der Waals surface area contributed by atoms with Gasteiger partial charge in [-0.3, -0.25) is 14.3 Å². The molecule has 0 saturated carbocycles. The molecular formula is C14H16F2N4O3. The van der Waals surface area contributed by atoms with Gasteiger partial charge >= 0.3 is 0 Å². The van der Waals surface area contributed by atoms with Gasteiger partial charge in [0.05, 0.1) is 24.0 Å². The molecule has 2 heterocycles. The van der Waals surface area contributed by atoms with E-state index in [0.29, 0.717) is 17.1 Å². The summed E-state index contributed by atoms with van der Waals surface area (Å²) in [6.07, 6.45) is 0.0145. The summed E-state index contributed by atoms with van der Waals surface area (Å²) in [6, 6.07) is 1.58. The third kappa shape index (κ3) is 4.63. The first-order valence-corrected chi connectivity index (χ1v) is 6.81. The van der Waals surface area contributed by atoms with Crippen LogP contribution in [0.2, 0.25) is 0 Å². The lowest BCUT2D eigenvalue weighted by Crippen LogP contribution is -2.32. The van der Waals surface area contributed by atoms with Crippen LogP contribution >= 0.6 is 0 Å². The van der Waals surface area contributed by atoms with Gasteiger partial charge in [0, 0.05) is 6.20 Å². The summed E-state index contributed by atoms with van der Waals surface area (Å²) in [5.74, 6) is 0.146. The summed E-state index contributed by atoms with van der Waals surface area (Å²) < 4.78 is 30.7. The highest BCUT2D eigenvalue weighted by atomic mass is 19.3. The molecule has 0 aliphatic carbocycles. The van der Waals surface area contributed by atoms with Crippen molar-refractivity contribution in [3.05, 3.63) is 35.5 Å². The van der Waals surface area contributed by atoms with Crippen molar-refractivity contribution >= 4 is 17.5 Å². The van der Waals surface area contributed by atoms with Crippen molar-refractivity contribution in [2.45, 2.75) is 26.8 Å². The van der Waals surface area contributed by atoms with Crippen LogP contribution in [-0.4, -0.2) is 34.6 Å². The largest absolute Gasteiger partial charge is 0.466 e. The lowest BCUT2D eigenvalue weighted by molar-refractivity contribution is -0.115. The number of aromatic nitrogens is 2. The molecule has 2 aromatic heterocycles. The van der Waals surface area contributed by atoms with Crippen LogP contribution in [0.5, 0.6) is 0 Å². The lowest BCUT2D eigenvalue weighted by atomic mass is 10.2. The monoisotopic (exact) mass is 326 g/mol. The summed E-state index contributed by atoms with van der Waals surface area (Å²) in [6.45, 7) is 2.56. The summed E-state index contributed by atoms with van der Waals surface area (Å²) in [5.41, 5.74) is 0.639. The summed E-state index contributed by atoms with van der Waals surface area (Å²) >= 11 is 0. The Morgan fingerprint density at radius 3 is 2.74 bits per heavy atom. The molecule has 0 saturated heterocycles. The molecule has 9 heteroatoms. The smallest absolute Gasteiger partial charge is 0.257 e. The second kappa shape index (κ2) is 7.03. The molecule has 0 aliphatic heterocycles. The van der Waals surface area contributed by atoms with Crippen LogP contribution in [-0.2, 0) is 11.3 Å². The number of rotatable bonds is 6. The molecule has 0 radical (unpaired) electrons. The van der Waals surface area contributed by atoms with Crippen molar-refractivity contribution in [1.29, 1.82) is 0 Å². The number of alkyl halides is 2. The standard InChI is InChI=1S/C14H16F2N4O3/c1-8-3-11(9(2)23-8)14(22)17-5-13(21)19-10-4-18-20(6-10)7-12(15)16/h3-4,6,12H,5,7H2,1-2H3,(H,17,22)(H,19,21). The molecule has 2 amide bonds. The molecule has 0 aliphatic rings. The molecular weight excluding hydrogens is 310 g/mol. The van der Waals surface area contributed by atoms with Crippen molar-refractivity contribution in [2.75, 3.05) is 11.9 Å². The van der Waals surface area contributed by atoms with Gasteiger partial charge in [-0.15, -0.1) is 0 Å². The minimum absolute atomic E-state index is 0.261. The normalized spacial score (nSPS) is 10.8. The fraction of sp³-hybridized carbons (Fsp3) is 0.357. The Morgan fingerprint density at radius 2 is 2.13 bits per heavy atom. The Labute approximate surface area is 130 Å². The SMILES string of the molecule is Cc1cc(C(=O)NCC(=O)Nc2cnn(CC(F)F)c2)c(C)o1. The Bertz CT molecular complexity index is 709. The second-order valence-electron chi connectivity index (χ2n) is 4.90. The van der Waals surface area contributed by atoms with Gasteiger partial charge in [-0.25, -0.2) is 8.78 Å². The topological polar surface area (TPSA) is 89.2 Å². The number of anilines is 1. The van der Waals surface area contributed by atoms with Gasteiger partial charge in [-0.2, -0.15) is 5.10 Å². The minimum atomic E-state index is -2.53. The number of furan rings is 1. The molecule has 2 N–H and O–H groups in total. The van der Waals surface area contributed by atoms with Crippen LogP contribution < -0.4 is 10.6 Å². The molecule has 0 spiro atoms. The van der Waals surface area contributed by atoms with E-state index >= 15 is 0 Å². The fourth-order valence-electron chi connectivity index (χ4n) is 1.99. The number of halogens is 2. The number of hydrogen-bond acceptors (Lipinski definition) is 4. The highest BCUT2D eigenvalue weighted by molar-refractivity contribution is 5.99. The summed E-state index contributed by atoms with van der Waals surface area (Å²) in [7, 11) is 0. The van der Waals surface area contributed by atoms with Crippen LogP contribution in [0.4, 0.5) is 14.5 Å². The van der Waals surface area contributed by atoms with E-state index in [1.807, 2.05) is 0 Å². The highest BCUT2D eigenvalue weighted by Crippen LogP contribution is 2.13. The third-order valence-electron chi connectivity index (χ3n) is 2.94. The molecule has 7 nitrogen and oxygen atoms in total. The average molecular weight is 326 g/mol. The minimum Gasteiger partial charge on any atom is -0.466 e. The first kappa shape index (κ1) is 16.7. The van der Waals surface area contributed by atoms with Crippen LogP contribution in [0.25, 0.3) is 0 Å². The number of carbonyl (C=O) groups excluding carboxylic acids is 2. The number of nitrogens with one attached hydrogen (secondary N) is 2. The zero-order chi connectivity index (χ0) is 17.0. The lowest BCUT2D eigenvalue weighted by Gasteiger charge is -2.04. The highest BCUT2D eigenvalue weighted by Gasteiger charge is 2.14. The van der Waals surface area contributed by atoms with E-state index in [2.05, 4.69) is 15.7 Å².